The molecular formula is C23H30N4O3. The van der Waals surface area contributed by atoms with Gasteiger partial charge in [0.1, 0.15) is 0 Å². The molecule has 1 aromatic heterocycles. The van der Waals surface area contributed by atoms with Gasteiger partial charge in [-0.3, -0.25) is 9.59 Å². The van der Waals surface area contributed by atoms with Crippen LogP contribution in [0.4, 0.5) is 0 Å². The number of nitrogens with one attached hydrogen (secondary N) is 1. The van der Waals surface area contributed by atoms with Crippen molar-refractivity contribution in [2.75, 3.05) is 19.6 Å². The summed E-state index contributed by atoms with van der Waals surface area (Å²) >= 11 is 0. The van der Waals surface area contributed by atoms with Gasteiger partial charge in [0.05, 0.1) is 0 Å². The van der Waals surface area contributed by atoms with Crippen LogP contribution in [0, 0.1) is 5.92 Å². The molecule has 4 rings (SSSR count). The summed E-state index contributed by atoms with van der Waals surface area (Å²) in [7, 11) is 0. The molecule has 1 saturated heterocycles. The van der Waals surface area contributed by atoms with Crippen molar-refractivity contribution in [1.82, 2.24) is 20.4 Å². The van der Waals surface area contributed by atoms with Gasteiger partial charge in [-0.2, -0.15) is 4.98 Å². The molecule has 7 heteroatoms. The van der Waals surface area contributed by atoms with Gasteiger partial charge in [-0.1, -0.05) is 54.8 Å². The van der Waals surface area contributed by atoms with Crippen molar-refractivity contribution in [3.63, 3.8) is 0 Å². The Kier molecular flexibility index (Phi) is 6.77. The summed E-state index contributed by atoms with van der Waals surface area (Å²) < 4.78 is 5.49. The highest BCUT2D eigenvalue weighted by Gasteiger charge is 2.28. The van der Waals surface area contributed by atoms with E-state index in [0.717, 1.165) is 44.1 Å². The zero-order valence-corrected chi connectivity index (χ0v) is 17.4. The van der Waals surface area contributed by atoms with Crippen LogP contribution in [-0.4, -0.2) is 46.5 Å². The summed E-state index contributed by atoms with van der Waals surface area (Å²) in [4.78, 5) is 31.2. The number of nitrogens with zero attached hydrogens (tertiary/aromatic N) is 3. The highest BCUT2D eigenvalue weighted by Crippen LogP contribution is 2.29. The van der Waals surface area contributed by atoms with Crippen LogP contribution in [0.25, 0.3) is 11.4 Å². The van der Waals surface area contributed by atoms with Gasteiger partial charge >= 0.3 is 0 Å². The Labute approximate surface area is 177 Å². The van der Waals surface area contributed by atoms with E-state index in [-0.39, 0.29) is 23.7 Å². The Bertz CT molecular complexity index is 837. The maximum Gasteiger partial charge on any atom is 0.230 e. The molecule has 1 saturated carbocycles. The van der Waals surface area contributed by atoms with Gasteiger partial charge in [0.2, 0.25) is 23.5 Å². The maximum atomic E-state index is 12.5. The Morgan fingerprint density at radius 3 is 2.50 bits per heavy atom. The van der Waals surface area contributed by atoms with Crippen LogP contribution >= 0.6 is 0 Å². The van der Waals surface area contributed by atoms with E-state index in [4.69, 9.17) is 4.52 Å². The van der Waals surface area contributed by atoms with E-state index >= 15 is 0 Å². The quantitative estimate of drug-likeness (QED) is 0.787. The van der Waals surface area contributed by atoms with Crippen molar-refractivity contribution in [2.24, 2.45) is 5.92 Å². The molecule has 1 aliphatic carbocycles. The molecule has 0 unspecified atom stereocenters. The Hall–Kier alpha value is -2.70. The van der Waals surface area contributed by atoms with Gasteiger partial charge < -0.3 is 14.7 Å². The number of piperidine rings is 1. The van der Waals surface area contributed by atoms with Crippen LogP contribution in [0.2, 0.25) is 0 Å². The van der Waals surface area contributed by atoms with Crippen molar-refractivity contribution in [2.45, 2.75) is 57.3 Å². The monoisotopic (exact) mass is 410 g/mol. The maximum absolute atomic E-state index is 12.5. The van der Waals surface area contributed by atoms with E-state index in [2.05, 4.69) is 15.5 Å². The van der Waals surface area contributed by atoms with Crippen LogP contribution in [-0.2, 0) is 9.59 Å². The first-order chi connectivity index (χ1) is 14.7. The van der Waals surface area contributed by atoms with Crippen LogP contribution < -0.4 is 5.32 Å². The van der Waals surface area contributed by atoms with Gasteiger partial charge in [-0.05, 0) is 25.7 Å². The average Bonchev–Trinajstić information content (AvgIpc) is 3.30. The molecule has 2 aromatic rings. The molecule has 0 spiro atoms. The van der Waals surface area contributed by atoms with E-state index in [1.807, 2.05) is 35.2 Å². The van der Waals surface area contributed by atoms with Gasteiger partial charge in [-0.25, -0.2) is 0 Å². The van der Waals surface area contributed by atoms with Crippen molar-refractivity contribution in [1.29, 1.82) is 0 Å². The van der Waals surface area contributed by atoms with Crippen molar-refractivity contribution in [3.8, 4) is 11.4 Å². The Balaban J connectivity index is 1.20. The molecule has 2 aliphatic rings. The number of carbonyl (C=O) groups excluding carboxylic acids is 2. The largest absolute Gasteiger partial charge is 0.355 e. The van der Waals surface area contributed by atoms with Crippen molar-refractivity contribution in [3.05, 3.63) is 36.2 Å². The molecule has 160 valence electrons. The molecule has 7 nitrogen and oxygen atoms in total. The minimum atomic E-state index is 0.105. The average molecular weight is 411 g/mol. The second-order valence-electron chi connectivity index (χ2n) is 8.35. The fraction of sp³-hybridized carbons (Fsp3) is 0.565. The first-order valence-electron chi connectivity index (χ1n) is 11.1. The third kappa shape index (κ3) is 5.07. The van der Waals surface area contributed by atoms with E-state index in [9.17, 15) is 9.59 Å². The summed E-state index contributed by atoms with van der Waals surface area (Å²) in [5.41, 5.74) is 0.940. The predicted octanol–water partition coefficient (Wildman–Crippen LogP) is 3.53. The first-order valence-corrected chi connectivity index (χ1v) is 11.1. The first kappa shape index (κ1) is 20.6. The Morgan fingerprint density at radius 2 is 1.77 bits per heavy atom. The lowest BCUT2D eigenvalue weighted by atomic mass is 9.89. The lowest BCUT2D eigenvalue weighted by molar-refractivity contribution is -0.132. The smallest absolute Gasteiger partial charge is 0.230 e. The molecule has 0 bridgehead atoms. The number of hydrogen-bond acceptors (Lipinski definition) is 5. The van der Waals surface area contributed by atoms with Gasteiger partial charge in [-0.15, -0.1) is 0 Å². The van der Waals surface area contributed by atoms with E-state index in [1.165, 1.54) is 6.42 Å². The zero-order chi connectivity index (χ0) is 20.8. The Morgan fingerprint density at radius 1 is 1.03 bits per heavy atom. The topological polar surface area (TPSA) is 88.3 Å². The molecule has 0 radical (unpaired) electrons. The second kappa shape index (κ2) is 9.87. The number of likely N-dealkylation sites (tertiary alicyclic amines) is 1. The molecule has 2 amide bonds. The predicted molar refractivity (Wildman–Crippen MR) is 112 cm³/mol. The van der Waals surface area contributed by atoms with Gasteiger partial charge in [0, 0.05) is 43.5 Å². The minimum absolute atomic E-state index is 0.105. The fourth-order valence-corrected chi connectivity index (χ4v) is 4.44. The van der Waals surface area contributed by atoms with Crippen molar-refractivity contribution < 1.29 is 14.1 Å². The highest BCUT2D eigenvalue weighted by atomic mass is 16.5. The fourth-order valence-electron chi connectivity index (χ4n) is 4.44. The lowest BCUT2D eigenvalue weighted by Crippen LogP contribution is -2.40. The van der Waals surface area contributed by atoms with E-state index in [1.54, 1.807) is 0 Å². The molecule has 30 heavy (non-hydrogen) atoms. The lowest BCUT2D eigenvalue weighted by Gasteiger charge is -2.30. The minimum Gasteiger partial charge on any atom is -0.355 e. The molecule has 1 N–H and O–H groups in total. The zero-order valence-electron chi connectivity index (χ0n) is 17.4. The molecule has 1 aromatic carbocycles. The SMILES string of the molecule is O=C(NCCC(=O)N1CCC(c2nc(-c3ccccc3)no2)CC1)C1CCCCC1. The van der Waals surface area contributed by atoms with Gasteiger partial charge in [0.25, 0.3) is 0 Å². The number of rotatable bonds is 6. The number of hydrogen-bond donors (Lipinski definition) is 1. The molecule has 2 fully saturated rings. The normalized spacial score (nSPS) is 18.3. The summed E-state index contributed by atoms with van der Waals surface area (Å²) in [5.74, 6) is 1.81. The van der Waals surface area contributed by atoms with Crippen LogP contribution in [0.1, 0.15) is 63.2 Å². The van der Waals surface area contributed by atoms with Crippen molar-refractivity contribution >= 4 is 11.8 Å². The summed E-state index contributed by atoms with van der Waals surface area (Å²) in [6.45, 7) is 1.80. The van der Waals surface area contributed by atoms with Gasteiger partial charge in [0.15, 0.2) is 0 Å². The standard InChI is InChI=1S/C23H30N4O3/c28-20(11-14-24-22(29)18-9-5-2-6-10-18)27-15-12-19(13-16-27)23-25-21(26-30-23)17-7-3-1-4-8-17/h1,3-4,7-8,18-19H,2,5-6,9-16H2,(H,24,29). The number of aromatic nitrogens is 2. The summed E-state index contributed by atoms with van der Waals surface area (Å²) in [6, 6.07) is 9.78. The third-order valence-corrected chi connectivity index (χ3v) is 6.28. The highest BCUT2D eigenvalue weighted by molar-refractivity contribution is 5.80. The second-order valence-corrected chi connectivity index (χ2v) is 8.35. The molecule has 1 aliphatic heterocycles. The number of carbonyl (C=O) groups is 2. The van der Waals surface area contributed by atoms with Crippen LogP contribution in [0.3, 0.4) is 0 Å². The van der Waals surface area contributed by atoms with E-state index in [0.29, 0.717) is 37.8 Å². The summed E-state index contributed by atoms with van der Waals surface area (Å²) in [5, 5.41) is 7.06. The molecule has 0 atom stereocenters. The summed E-state index contributed by atoms with van der Waals surface area (Å²) in [6.07, 6.45) is 7.46. The molecule has 2 heterocycles. The molecular weight excluding hydrogens is 380 g/mol. The van der Waals surface area contributed by atoms with E-state index < -0.39 is 0 Å². The third-order valence-electron chi connectivity index (χ3n) is 6.28. The number of benzene rings is 1. The number of amides is 2. The van der Waals surface area contributed by atoms with Crippen LogP contribution in [0.15, 0.2) is 34.9 Å². The van der Waals surface area contributed by atoms with Crippen LogP contribution in [0.5, 0.6) is 0 Å².